The zero-order valence-corrected chi connectivity index (χ0v) is 12.8. The topological polar surface area (TPSA) is 47.8 Å². The summed E-state index contributed by atoms with van der Waals surface area (Å²) >= 11 is 1.63. The first-order valence-corrected chi connectivity index (χ1v) is 7.97. The summed E-state index contributed by atoms with van der Waals surface area (Å²) in [6.45, 7) is 4.82. The maximum absolute atomic E-state index is 5.42. The number of ether oxygens (including phenoxy) is 2. The van der Waals surface area contributed by atoms with E-state index in [2.05, 4.69) is 21.6 Å². The fourth-order valence-electron chi connectivity index (χ4n) is 2.78. The van der Waals surface area contributed by atoms with Gasteiger partial charge in [0, 0.05) is 37.4 Å². The van der Waals surface area contributed by atoms with E-state index in [0.29, 0.717) is 12.0 Å². The Morgan fingerprint density at radius 2 is 2.35 bits per heavy atom. The molecule has 1 atom stereocenters. The van der Waals surface area contributed by atoms with Gasteiger partial charge in [-0.2, -0.15) is 4.98 Å². The standard InChI is InChI=1S/C14H21N3O2S/c1-10(11-3-6-19-7-4-11)15-9-12-13(18-2)16-14-17(12)5-8-20-14/h5,8,10-11,15H,3-4,6-7,9H2,1-2H3. The molecule has 20 heavy (non-hydrogen) atoms. The van der Waals surface area contributed by atoms with Gasteiger partial charge in [-0.1, -0.05) is 0 Å². The van der Waals surface area contributed by atoms with Crippen LogP contribution in [0.2, 0.25) is 0 Å². The molecule has 1 aliphatic heterocycles. The van der Waals surface area contributed by atoms with Crippen LogP contribution in [0.5, 0.6) is 5.88 Å². The smallest absolute Gasteiger partial charge is 0.237 e. The van der Waals surface area contributed by atoms with Gasteiger partial charge >= 0.3 is 0 Å². The minimum absolute atomic E-state index is 0.479. The third-order valence-corrected chi connectivity index (χ3v) is 4.84. The Labute approximate surface area is 122 Å². The molecule has 1 saturated heterocycles. The Balaban J connectivity index is 1.67. The summed E-state index contributed by atoms with van der Waals surface area (Å²) in [5, 5.41) is 5.67. The van der Waals surface area contributed by atoms with Crippen molar-refractivity contribution >= 4 is 16.3 Å². The summed E-state index contributed by atoms with van der Waals surface area (Å²) in [7, 11) is 1.68. The summed E-state index contributed by atoms with van der Waals surface area (Å²) in [5.74, 6) is 1.42. The Morgan fingerprint density at radius 3 is 3.10 bits per heavy atom. The van der Waals surface area contributed by atoms with Crippen LogP contribution in [-0.4, -0.2) is 35.8 Å². The van der Waals surface area contributed by atoms with E-state index in [0.717, 1.165) is 49.1 Å². The van der Waals surface area contributed by atoms with Gasteiger partial charge in [-0.25, -0.2) is 0 Å². The zero-order valence-electron chi connectivity index (χ0n) is 12.0. The molecule has 5 nitrogen and oxygen atoms in total. The van der Waals surface area contributed by atoms with E-state index in [9.17, 15) is 0 Å². The molecule has 3 heterocycles. The van der Waals surface area contributed by atoms with Crippen molar-refractivity contribution in [1.29, 1.82) is 0 Å². The molecule has 0 spiro atoms. The van der Waals surface area contributed by atoms with Crippen molar-refractivity contribution in [3.63, 3.8) is 0 Å². The quantitative estimate of drug-likeness (QED) is 0.919. The Kier molecular flexibility index (Phi) is 4.24. The number of rotatable bonds is 5. The van der Waals surface area contributed by atoms with Crippen LogP contribution >= 0.6 is 11.3 Å². The van der Waals surface area contributed by atoms with Crippen LogP contribution in [0.4, 0.5) is 0 Å². The van der Waals surface area contributed by atoms with Crippen LogP contribution in [-0.2, 0) is 11.3 Å². The summed E-state index contributed by atoms with van der Waals surface area (Å²) in [5.41, 5.74) is 1.10. The molecule has 1 unspecified atom stereocenters. The fraction of sp³-hybridized carbons (Fsp3) is 0.643. The number of thiazole rings is 1. The molecule has 0 radical (unpaired) electrons. The Morgan fingerprint density at radius 1 is 1.55 bits per heavy atom. The Hall–Kier alpha value is -1.11. The number of aromatic nitrogens is 2. The second-order valence-electron chi connectivity index (χ2n) is 5.24. The lowest BCUT2D eigenvalue weighted by atomic mass is 9.93. The number of hydrogen-bond donors (Lipinski definition) is 1. The molecule has 2 aromatic rings. The van der Waals surface area contributed by atoms with E-state index in [1.54, 1.807) is 18.4 Å². The fourth-order valence-corrected chi connectivity index (χ4v) is 3.50. The van der Waals surface area contributed by atoms with Crippen LogP contribution in [0.25, 0.3) is 4.96 Å². The second kappa shape index (κ2) is 6.11. The molecule has 1 N–H and O–H groups in total. The van der Waals surface area contributed by atoms with Crippen molar-refractivity contribution in [2.75, 3.05) is 20.3 Å². The molecule has 0 saturated carbocycles. The molecular weight excluding hydrogens is 274 g/mol. The lowest BCUT2D eigenvalue weighted by Gasteiger charge is -2.28. The molecule has 110 valence electrons. The van der Waals surface area contributed by atoms with Crippen LogP contribution in [0.1, 0.15) is 25.5 Å². The summed E-state index contributed by atoms with van der Waals surface area (Å²) in [4.78, 5) is 5.46. The van der Waals surface area contributed by atoms with E-state index in [4.69, 9.17) is 9.47 Å². The molecule has 0 bridgehead atoms. The summed E-state index contributed by atoms with van der Waals surface area (Å²) in [6.07, 6.45) is 4.34. The van der Waals surface area contributed by atoms with Gasteiger partial charge in [0.15, 0.2) is 4.96 Å². The van der Waals surface area contributed by atoms with Crippen molar-refractivity contribution in [1.82, 2.24) is 14.7 Å². The average Bonchev–Trinajstić information content (AvgIpc) is 3.06. The molecule has 1 aliphatic rings. The first-order valence-electron chi connectivity index (χ1n) is 7.09. The SMILES string of the molecule is COc1nc2sccn2c1CNC(C)C1CCOCC1. The molecule has 0 amide bonds. The predicted octanol–water partition coefficient (Wildman–Crippen LogP) is 2.31. The highest BCUT2D eigenvalue weighted by Gasteiger charge is 2.21. The molecule has 0 aromatic carbocycles. The van der Waals surface area contributed by atoms with Crippen LogP contribution in [0.3, 0.4) is 0 Å². The molecule has 6 heteroatoms. The van der Waals surface area contributed by atoms with Gasteiger partial charge in [-0.15, -0.1) is 11.3 Å². The molecular formula is C14H21N3O2S. The monoisotopic (exact) mass is 295 g/mol. The third-order valence-electron chi connectivity index (χ3n) is 4.08. The predicted molar refractivity (Wildman–Crippen MR) is 79.5 cm³/mol. The maximum Gasteiger partial charge on any atom is 0.237 e. The first-order chi connectivity index (χ1) is 9.79. The van der Waals surface area contributed by atoms with Crippen molar-refractivity contribution in [3.05, 3.63) is 17.3 Å². The first kappa shape index (κ1) is 13.9. The lowest BCUT2D eigenvalue weighted by molar-refractivity contribution is 0.0557. The van der Waals surface area contributed by atoms with Crippen molar-refractivity contribution in [2.24, 2.45) is 5.92 Å². The minimum atomic E-state index is 0.479. The van der Waals surface area contributed by atoms with Crippen molar-refractivity contribution in [2.45, 2.75) is 32.4 Å². The van der Waals surface area contributed by atoms with Gasteiger partial charge in [-0.05, 0) is 25.7 Å². The van der Waals surface area contributed by atoms with Gasteiger partial charge in [0.05, 0.1) is 7.11 Å². The highest BCUT2D eigenvalue weighted by molar-refractivity contribution is 7.15. The van der Waals surface area contributed by atoms with Gasteiger partial charge in [0.1, 0.15) is 5.69 Å². The highest BCUT2D eigenvalue weighted by atomic mass is 32.1. The van der Waals surface area contributed by atoms with E-state index in [-0.39, 0.29) is 0 Å². The number of nitrogens with zero attached hydrogens (tertiary/aromatic N) is 2. The van der Waals surface area contributed by atoms with E-state index >= 15 is 0 Å². The third kappa shape index (κ3) is 2.68. The van der Waals surface area contributed by atoms with E-state index < -0.39 is 0 Å². The maximum atomic E-state index is 5.42. The summed E-state index contributed by atoms with van der Waals surface area (Å²) in [6, 6.07) is 0.479. The van der Waals surface area contributed by atoms with Gasteiger partial charge in [0.2, 0.25) is 5.88 Å². The molecule has 1 fully saturated rings. The highest BCUT2D eigenvalue weighted by Crippen LogP contribution is 2.24. The normalized spacial score (nSPS) is 18.5. The Bertz CT molecular complexity index is 560. The molecule has 2 aromatic heterocycles. The number of fused-ring (bicyclic) bond motifs is 1. The average molecular weight is 295 g/mol. The number of hydrogen-bond acceptors (Lipinski definition) is 5. The number of imidazole rings is 1. The van der Waals surface area contributed by atoms with Gasteiger partial charge in [0.25, 0.3) is 0 Å². The molecule has 0 aliphatic carbocycles. The largest absolute Gasteiger partial charge is 0.480 e. The number of methoxy groups -OCH3 is 1. The van der Waals surface area contributed by atoms with E-state index in [1.807, 2.05) is 11.6 Å². The number of nitrogens with one attached hydrogen (secondary N) is 1. The minimum Gasteiger partial charge on any atom is -0.480 e. The van der Waals surface area contributed by atoms with E-state index in [1.165, 1.54) is 0 Å². The van der Waals surface area contributed by atoms with Gasteiger partial charge in [-0.3, -0.25) is 4.40 Å². The summed E-state index contributed by atoms with van der Waals surface area (Å²) < 4.78 is 12.9. The zero-order chi connectivity index (χ0) is 13.9. The van der Waals surface area contributed by atoms with Crippen molar-refractivity contribution < 1.29 is 9.47 Å². The second-order valence-corrected chi connectivity index (χ2v) is 6.12. The van der Waals surface area contributed by atoms with Crippen molar-refractivity contribution in [3.8, 4) is 5.88 Å². The van der Waals surface area contributed by atoms with Crippen LogP contribution in [0.15, 0.2) is 11.6 Å². The lowest BCUT2D eigenvalue weighted by Crippen LogP contribution is -2.36. The van der Waals surface area contributed by atoms with Gasteiger partial charge < -0.3 is 14.8 Å². The van der Waals surface area contributed by atoms with Crippen LogP contribution < -0.4 is 10.1 Å². The van der Waals surface area contributed by atoms with Crippen LogP contribution in [0, 0.1) is 5.92 Å². The molecule has 3 rings (SSSR count).